The number of hydrogen-bond acceptors (Lipinski definition) is 2. The Morgan fingerprint density at radius 2 is 1.84 bits per heavy atom. The summed E-state index contributed by atoms with van der Waals surface area (Å²) in [5, 5.41) is 0.822. The third-order valence-corrected chi connectivity index (χ3v) is 3.81. The second-order valence-electron chi connectivity index (χ2n) is 4.09. The second-order valence-corrected chi connectivity index (χ2v) is 5.92. The predicted octanol–water partition coefficient (Wildman–Crippen LogP) is 4.32. The fourth-order valence-corrected chi connectivity index (χ4v) is 2.52. The molecular weight excluding hydrogens is 372 g/mol. The van der Waals surface area contributed by atoms with Crippen molar-refractivity contribution < 1.29 is 4.79 Å². The van der Waals surface area contributed by atoms with Crippen LogP contribution in [-0.4, -0.2) is 15.8 Å². The van der Waals surface area contributed by atoms with Gasteiger partial charge in [0.15, 0.2) is 5.78 Å². The van der Waals surface area contributed by atoms with Gasteiger partial charge in [-0.05, 0) is 46.3 Å². The summed E-state index contributed by atoms with van der Waals surface area (Å²) in [6.07, 6.45) is 3.40. The predicted molar refractivity (Wildman–Crippen MR) is 81.4 cm³/mol. The average molecular weight is 380 g/mol. The Morgan fingerprint density at radius 3 is 2.58 bits per heavy atom. The first-order valence-electron chi connectivity index (χ1n) is 5.58. The summed E-state index contributed by atoms with van der Waals surface area (Å²) >= 11 is 6.73. The highest BCUT2D eigenvalue weighted by Gasteiger charge is 2.14. The Labute approximate surface area is 126 Å². The van der Waals surface area contributed by atoms with Crippen LogP contribution in [0.1, 0.15) is 15.9 Å². The number of fused-ring (bicyclic) bond motifs is 1. The lowest BCUT2D eigenvalue weighted by molar-refractivity contribution is 0.104. The maximum atomic E-state index is 12.5. The largest absolute Gasteiger partial charge is 0.345 e. The molecule has 0 aliphatic carbocycles. The molecule has 0 fully saturated rings. The molecule has 0 radical (unpaired) electrons. The molecule has 2 aromatic heterocycles. The molecule has 3 aromatic rings. The molecular formula is C14H8Br2N2O. The Morgan fingerprint density at radius 1 is 1.11 bits per heavy atom. The average Bonchev–Trinajstić information content (AvgIpc) is 2.81. The summed E-state index contributed by atoms with van der Waals surface area (Å²) in [6, 6.07) is 9.21. The third kappa shape index (κ3) is 2.35. The lowest BCUT2D eigenvalue weighted by Gasteiger charge is -2.00. The van der Waals surface area contributed by atoms with E-state index in [-0.39, 0.29) is 5.78 Å². The molecule has 5 heteroatoms. The van der Waals surface area contributed by atoms with E-state index >= 15 is 0 Å². The second kappa shape index (κ2) is 4.90. The summed E-state index contributed by atoms with van der Waals surface area (Å²) in [7, 11) is 0. The minimum absolute atomic E-state index is 0.0151. The van der Waals surface area contributed by atoms with E-state index < -0.39 is 0 Å². The van der Waals surface area contributed by atoms with Crippen molar-refractivity contribution in [3.8, 4) is 0 Å². The molecule has 0 spiro atoms. The van der Waals surface area contributed by atoms with Crippen molar-refractivity contribution in [2.24, 2.45) is 0 Å². The molecule has 0 aliphatic heterocycles. The SMILES string of the molecule is O=C(c1ccc(Br)cc1)c1c[nH]c2ncc(Br)cc12. The van der Waals surface area contributed by atoms with Crippen molar-refractivity contribution in [2.45, 2.75) is 0 Å². The number of ketones is 1. The molecule has 1 N–H and O–H groups in total. The summed E-state index contributed by atoms with van der Waals surface area (Å²) < 4.78 is 1.80. The highest BCUT2D eigenvalue weighted by atomic mass is 79.9. The fourth-order valence-electron chi connectivity index (χ4n) is 1.92. The summed E-state index contributed by atoms with van der Waals surface area (Å²) in [4.78, 5) is 19.7. The van der Waals surface area contributed by atoms with Crippen molar-refractivity contribution in [3.05, 3.63) is 62.8 Å². The Kier molecular flexibility index (Phi) is 3.24. The minimum atomic E-state index is -0.0151. The first-order valence-corrected chi connectivity index (χ1v) is 7.16. The van der Waals surface area contributed by atoms with Crippen LogP contribution >= 0.6 is 31.9 Å². The topological polar surface area (TPSA) is 45.8 Å². The van der Waals surface area contributed by atoms with Crippen LogP contribution < -0.4 is 0 Å². The number of halogens is 2. The normalized spacial score (nSPS) is 10.8. The number of benzene rings is 1. The van der Waals surface area contributed by atoms with Crippen molar-refractivity contribution in [2.75, 3.05) is 0 Å². The van der Waals surface area contributed by atoms with Crippen LogP contribution in [0.2, 0.25) is 0 Å². The molecule has 0 atom stereocenters. The van der Waals surface area contributed by atoms with Crippen LogP contribution in [-0.2, 0) is 0 Å². The van der Waals surface area contributed by atoms with Gasteiger partial charge in [-0.2, -0.15) is 0 Å². The number of nitrogens with one attached hydrogen (secondary N) is 1. The van der Waals surface area contributed by atoms with Crippen LogP contribution in [0.4, 0.5) is 0 Å². The Balaban J connectivity index is 2.11. The number of nitrogens with zero attached hydrogens (tertiary/aromatic N) is 1. The zero-order valence-electron chi connectivity index (χ0n) is 9.65. The maximum absolute atomic E-state index is 12.5. The molecule has 1 aromatic carbocycles. The van der Waals surface area contributed by atoms with Crippen LogP contribution in [0.15, 0.2) is 51.7 Å². The van der Waals surface area contributed by atoms with E-state index in [1.165, 1.54) is 0 Å². The summed E-state index contributed by atoms with van der Waals surface area (Å²) in [6.45, 7) is 0. The van der Waals surface area contributed by atoms with Gasteiger partial charge in [0.2, 0.25) is 0 Å². The molecule has 3 rings (SSSR count). The quantitative estimate of drug-likeness (QED) is 0.674. The van der Waals surface area contributed by atoms with Crippen LogP contribution in [0.5, 0.6) is 0 Å². The zero-order chi connectivity index (χ0) is 13.4. The molecule has 0 saturated heterocycles. The lowest BCUT2D eigenvalue weighted by Crippen LogP contribution is -1.99. The molecule has 0 saturated carbocycles. The van der Waals surface area contributed by atoms with E-state index in [0.29, 0.717) is 16.8 Å². The minimum Gasteiger partial charge on any atom is -0.345 e. The molecule has 19 heavy (non-hydrogen) atoms. The number of aromatic nitrogens is 2. The van der Waals surface area contributed by atoms with Gasteiger partial charge in [0.25, 0.3) is 0 Å². The Hall–Kier alpha value is -1.46. The van der Waals surface area contributed by atoms with Gasteiger partial charge in [0.05, 0.1) is 0 Å². The summed E-state index contributed by atoms with van der Waals surface area (Å²) in [5.74, 6) is -0.0151. The number of hydrogen-bond donors (Lipinski definition) is 1. The van der Waals surface area contributed by atoms with Gasteiger partial charge in [-0.1, -0.05) is 15.9 Å². The highest BCUT2D eigenvalue weighted by molar-refractivity contribution is 9.10. The number of carbonyl (C=O) groups excluding carboxylic acids is 1. The van der Waals surface area contributed by atoms with Gasteiger partial charge >= 0.3 is 0 Å². The molecule has 2 heterocycles. The van der Waals surface area contributed by atoms with Crippen LogP contribution in [0.25, 0.3) is 11.0 Å². The van der Waals surface area contributed by atoms with E-state index in [1.54, 1.807) is 24.5 Å². The standard InChI is InChI=1S/C14H8Br2N2O/c15-9-3-1-8(2-4-9)13(19)12-7-18-14-11(12)5-10(16)6-17-14/h1-7H,(H,17,18). The molecule has 3 nitrogen and oxygen atoms in total. The molecule has 0 aliphatic rings. The number of carbonyl (C=O) groups is 1. The van der Waals surface area contributed by atoms with Crippen molar-refractivity contribution in [3.63, 3.8) is 0 Å². The van der Waals surface area contributed by atoms with Crippen molar-refractivity contribution in [1.82, 2.24) is 9.97 Å². The van der Waals surface area contributed by atoms with E-state index in [9.17, 15) is 4.79 Å². The molecule has 0 bridgehead atoms. The van der Waals surface area contributed by atoms with E-state index in [0.717, 1.165) is 14.3 Å². The van der Waals surface area contributed by atoms with Crippen LogP contribution in [0, 0.1) is 0 Å². The van der Waals surface area contributed by atoms with Crippen molar-refractivity contribution >= 4 is 48.7 Å². The van der Waals surface area contributed by atoms with Gasteiger partial charge in [0, 0.05) is 37.9 Å². The Bertz CT molecular complexity index is 763. The number of rotatable bonds is 2. The smallest absolute Gasteiger partial charge is 0.195 e. The first kappa shape index (κ1) is 12.6. The van der Waals surface area contributed by atoms with E-state index in [2.05, 4.69) is 41.8 Å². The van der Waals surface area contributed by atoms with Crippen LogP contribution in [0.3, 0.4) is 0 Å². The highest BCUT2D eigenvalue weighted by Crippen LogP contribution is 2.23. The molecule has 0 amide bonds. The van der Waals surface area contributed by atoms with Gasteiger partial charge in [-0.15, -0.1) is 0 Å². The number of pyridine rings is 1. The van der Waals surface area contributed by atoms with Gasteiger partial charge in [0.1, 0.15) is 5.65 Å². The summed E-state index contributed by atoms with van der Waals surface area (Å²) in [5.41, 5.74) is 2.00. The molecule has 94 valence electrons. The van der Waals surface area contributed by atoms with Gasteiger partial charge < -0.3 is 4.98 Å². The number of H-pyrrole nitrogens is 1. The van der Waals surface area contributed by atoms with Gasteiger partial charge in [-0.3, -0.25) is 4.79 Å². The van der Waals surface area contributed by atoms with E-state index in [1.807, 2.05) is 18.2 Å². The van der Waals surface area contributed by atoms with Gasteiger partial charge in [-0.25, -0.2) is 4.98 Å². The first-order chi connectivity index (χ1) is 9.15. The molecule has 0 unspecified atom stereocenters. The lowest BCUT2D eigenvalue weighted by atomic mass is 10.0. The zero-order valence-corrected chi connectivity index (χ0v) is 12.8. The van der Waals surface area contributed by atoms with E-state index in [4.69, 9.17) is 0 Å². The third-order valence-electron chi connectivity index (χ3n) is 2.85. The van der Waals surface area contributed by atoms with Crippen molar-refractivity contribution in [1.29, 1.82) is 0 Å². The number of aromatic amines is 1. The maximum Gasteiger partial charge on any atom is 0.195 e. The fraction of sp³-hybridized carbons (Fsp3) is 0. The monoisotopic (exact) mass is 378 g/mol.